The Labute approximate surface area is 103 Å². The largest absolute Gasteiger partial charge is 0.377 e. The van der Waals surface area contributed by atoms with E-state index in [0.717, 1.165) is 23.2 Å². The van der Waals surface area contributed by atoms with E-state index in [4.69, 9.17) is 4.74 Å². The number of benzene rings is 1. The van der Waals surface area contributed by atoms with Gasteiger partial charge in [0.05, 0.1) is 6.61 Å². The fourth-order valence-corrected chi connectivity index (χ4v) is 1.91. The second kappa shape index (κ2) is 6.40. The van der Waals surface area contributed by atoms with Gasteiger partial charge in [0.15, 0.2) is 0 Å². The number of amides is 1. The first-order valence-electron chi connectivity index (χ1n) is 6.06. The zero-order valence-corrected chi connectivity index (χ0v) is 11.1. The van der Waals surface area contributed by atoms with E-state index in [1.54, 1.807) is 0 Å². The van der Waals surface area contributed by atoms with E-state index in [2.05, 4.69) is 18.3 Å². The second-order valence-electron chi connectivity index (χ2n) is 4.07. The summed E-state index contributed by atoms with van der Waals surface area (Å²) >= 11 is 0. The van der Waals surface area contributed by atoms with Crippen LogP contribution in [0.15, 0.2) is 12.1 Å². The zero-order chi connectivity index (χ0) is 12.8. The number of anilines is 1. The van der Waals surface area contributed by atoms with Gasteiger partial charge in [-0.2, -0.15) is 0 Å². The third-order valence-electron chi connectivity index (χ3n) is 2.73. The zero-order valence-electron chi connectivity index (χ0n) is 11.1. The summed E-state index contributed by atoms with van der Waals surface area (Å²) in [5, 5.41) is 2.91. The number of carbonyl (C=O) groups excluding carboxylic acids is 1. The van der Waals surface area contributed by atoms with Crippen LogP contribution in [0.1, 0.15) is 37.5 Å². The number of hydrogen-bond donors (Lipinski definition) is 1. The van der Waals surface area contributed by atoms with Crippen LogP contribution in [-0.2, 0) is 22.6 Å². The van der Waals surface area contributed by atoms with Gasteiger partial charge in [0.25, 0.3) is 0 Å². The molecule has 0 aliphatic carbocycles. The van der Waals surface area contributed by atoms with Crippen LogP contribution in [-0.4, -0.2) is 12.5 Å². The lowest BCUT2D eigenvalue weighted by atomic mass is 9.99. The minimum Gasteiger partial charge on any atom is -0.377 e. The molecule has 0 fully saturated rings. The molecule has 17 heavy (non-hydrogen) atoms. The van der Waals surface area contributed by atoms with Crippen molar-refractivity contribution in [3.05, 3.63) is 28.8 Å². The molecule has 0 atom stereocenters. The number of carbonyl (C=O) groups is 1. The van der Waals surface area contributed by atoms with Crippen LogP contribution in [0.25, 0.3) is 0 Å². The van der Waals surface area contributed by atoms with Crippen LogP contribution in [0, 0.1) is 6.92 Å². The number of aryl methyl sites for hydroxylation is 1. The topological polar surface area (TPSA) is 38.3 Å². The standard InChI is InChI=1S/C14H21NO2/c1-5-13-12(9-17-6-2)8-7-10(3)14(13)15-11(4)16/h7-8H,5-6,9H2,1-4H3,(H,15,16). The van der Waals surface area contributed by atoms with Gasteiger partial charge < -0.3 is 10.1 Å². The summed E-state index contributed by atoms with van der Waals surface area (Å²) in [7, 11) is 0. The predicted octanol–water partition coefficient (Wildman–Crippen LogP) is 3.05. The molecule has 0 radical (unpaired) electrons. The van der Waals surface area contributed by atoms with Crippen LogP contribution in [0.2, 0.25) is 0 Å². The summed E-state index contributed by atoms with van der Waals surface area (Å²) in [6.07, 6.45) is 0.889. The van der Waals surface area contributed by atoms with Gasteiger partial charge in [-0.15, -0.1) is 0 Å². The van der Waals surface area contributed by atoms with Gasteiger partial charge in [-0.3, -0.25) is 4.79 Å². The highest BCUT2D eigenvalue weighted by atomic mass is 16.5. The SMILES string of the molecule is CCOCc1ccc(C)c(NC(C)=O)c1CC. The van der Waals surface area contributed by atoms with Crippen molar-refractivity contribution in [1.82, 2.24) is 0 Å². The summed E-state index contributed by atoms with van der Waals surface area (Å²) in [5.41, 5.74) is 4.37. The third kappa shape index (κ3) is 3.56. The Balaban J connectivity index is 3.11. The summed E-state index contributed by atoms with van der Waals surface area (Å²) in [4.78, 5) is 11.2. The lowest BCUT2D eigenvalue weighted by Crippen LogP contribution is -2.11. The number of ether oxygens (including phenoxy) is 1. The highest BCUT2D eigenvalue weighted by Gasteiger charge is 2.10. The first kappa shape index (κ1) is 13.7. The molecule has 0 spiro atoms. The molecule has 1 N–H and O–H groups in total. The Bertz CT molecular complexity index is 399. The molecule has 0 heterocycles. The molecule has 0 aliphatic rings. The highest BCUT2D eigenvalue weighted by molar-refractivity contribution is 5.90. The summed E-state index contributed by atoms with van der Waals surface area (Å²) in [6.45, 7) is 8.92. The molecule has 1 aromatic carbocycles. The Morgan fingerprint density at radius 1 is 1.35 bits per heavy atom. The Morgan fingerprint density at radius 2 is 2.06 bits per heavy atom. The fourth-order valence-electron chi connectivity index (χ4n) is 1.91. The minimum atomic E-state index is -0.0311. The van der Waals surface area contributed by atoms with Crippen LogP contribution in [0.5, 0.6) is 0 Å². The molecule has 0 bridgehead atoms. The lowest BCUT2D eigenvalue weighted by molar-refractivity contribution is -0.114. The van der Waals surface area contributed by atoms with Gasteiger partial charge in [0.2, 0.25) is 5.91 Å². The van der Waals surface area contributed by atoms with Crippen molar-refractivity contribution >= 4 is 11.6 Å². The molecule has 0 aromatic heterocycles. The smallest absolute Gasteiger partial charge is 0.221 e. The minimum absolute atomic E-state index is 0.0311. The normalized spacial score (nSPS) is 10.4. The van der Waals surface area contributed by atoms with E-state index in [1.807, 2.05) is 19.9 Å². The van der Waals surface area contributed by atoms with Crippen molar-refractivity contribution in [2.45, 2.75) is 40.7 Å². The van der Waals surface area contributed by atoms with Crippen LogP contribution in [0.3, 0.4) is 0 Å². The lowest BCUT2D eigenvalue weighted by Gasteiger charge is -2.16. The van der Waals surface area contributed by atoms with Gasteiger partial charge in [0, 0.05) is 19.2 Å². The maximum atomic E-state index is 11.2. The number of rotatable bonds is 5. The number of nitrogens with one attached hydrogen (secondary N) is 1. The molecule has 3 heteroatoms. The molecule has 1 rings (SSSR count). The molecule has 94 valence electrons. The monoisotopic (exact) mass is 235 g/mol. The van der Waals surface area contributed by atoms with E-state index >= 15 is 0 Å². The van der Waals surface area contributed by atoms with Crippen LogP contribution in [0.4, 0.5) is 5.69 Å². The predicted molar refractivity (Wildman–Crippen MR) is 70.2 cm³/mol. The first-order chi connectivity index (χ1) is 8.10. The maximum Gasteiger partial charge on any atom is 0.221 e. The van der Waals surface area contributed by atoms with Gasteiger partial charge in [0.1, 0.15) is 0 Å². The molecule has 1 amide bonds. The van der Waals surface area contributed by atoms with E-state index in [-0.39, 0.29) is 5.91 Å². The van der Waals surface area contributed by atoms with E-state index < -0.39 is 0 Å². The molecule has 0 saturated carbocycles. The quantitative estimate of drug-likeness (QED) is 0.851. The third-order valence-corrected chi connectivity index (χ3v) is 2.73. The van der Waals surface area contributed by atoms with Crippen molar-refractivity contribution in [3.8, 4) is 0 Å². The van der Waals surface area contributed by atoms with E-state index in [9.17, 15) is 4.79 Å². The summed E-state index contributed by atoms with van der Waals surface area (Å²) in [5.74, 6) is -0.0311. The average Bonchev–Trinajstić information content (AvgIpc) is 2.29. The Kier molecular flexibility index (Phi) is 5.16. The molecular formula is C14H21NO2. The Morgan fingerprint density at radius 3 is 2.59 bits per heavy atom. The van der Waals surface area contributed by atoms with Gasteiger partial charge >= 0.3 is 0 Å². The maximum absolute atomic E-state index is 11.2. The van der Waals surface area contributed by atoms with Gasteiger partial charge in [-0.1, -0.05) is 19.1 Å². The van der Waals surface area contributed by atoms with E-state index in [1.165, 1.54) is 12.5 Å². The van der Waals surface area contributed by atoms with Gasteiger partial charge in [-0.25, -0.2) is 0 Å². The van der Waals surface area contributed by atoms with Gasteiger partial charge in [-0.05, 0) is 37.0 Å². The van der Waals surface area contributed by atoms with Crippen molar-refractivity contribution < 1.29 is 9.53 Å². The highest BCUT2D eigenvalue weighted by Crippen LogP contribution is 2.25. The fraction of sp³-hybridized carbons (Fsp3) is 0.500. The molecule has 1 aromatic rings. The second-order valence-corrected chi connectivity index (χ2v) is 4.07. The van der Waals surface area contributed by atoms with Crippen molar-refractivity contribution in [1.29, 1.82) is 0 Å². The van der Waals surface area contributed by atoms with Crippen molar-refractivity contribution in [2.75, 3.05) is 11.9 Å². The van der Waals surface area contributed by atoms with Crippen molar-refractivity contribution in [3.63, 3.8) is 0 Å². The summed E-state index contributed by atoms with van der Waals surface area (Å²) < 4.78 is 5.45. The molecular weight excluding hydrogens is 214 g/mol. The Hall–Kier alpha value is -1.35. The molecule has 3 nitrogen and oxygen atoms in total. The first-order valence-corrected chi connectivity index (χ1v) is 6.06. The van der Waals surface area contributed by atoms with E-state index in [0.29, 0.717) is 13.2 Å². The average molecular weight is 235 g/mol. The molecule has 0 aliphatic heterocycles. The molecule has 0 unspecified atom stereocenters. The van der Waals surface area contributed by atoms with Crippen LogP contribution < -0.4 is 5.32 Å². The molecule has 0 saturated heterocycles. The number of hydrogen-bond acceptors (Lipinski definition) is 2. The van der Waals surface area contributed by atoms with Crippen LogP contribution >= 0.6 is 0 Å². The van der Waals surface area contributed by atoms with Crippen molar-refractivity contribution in [2.24, 2.45) is 0 Å². The summed E-state index contributed by atoms with van der Waals surface area (Å²) in [6, 6.07) is 4.11.